The molecule has 3 rings (SSSR count). The fraction of sp³-hybridized carbons (Fsp3) is 0.292. The molecule has 6 nitrogen and oxygen atoms in total. The van der Waals surface area contributed by atoms with Crippen molar-refractivity contribution in [3.05, 3.63) is 65.1 Å². The van der Waals surface area contributed by atoms with Crippen molar-refractivity contribution in [2.75, 3.05) is 11.9 Å². The number of para-hydroxylation sites is 1. The van der Waals surface area contributed by atoms with E-state index in [9.17, 15) is 9.59 Å². The number of amidine groups is 1. The number of nitrogens with zero attached hydrogens (tertiary/aromatic N) is 2. The number of carbonyl (C=O) groups excluding carboxylic acids is 2. The van der Waals surface area contributed by atoms with Gasteiger partial charge in [0, 0.05) is 17.8 Å². The molecule has 1 N–H and O–H groups in total. The summed E-state index contributed by atoms with van der Waals surface area (Å²) < 4.78 is 5.56. The summed E-state index contributed by atoms with van der Waals surface area (Å²) >= 11 is 1.40. The Bertz CT molecular complexity index is 983. The zero-order valence-electron chi connectivity index (χ0n) is 18.2. The number of rotatable bonds is 7. The first-order valence-corrected chi connectivity index (χ1v) is 11.0. The van der Waals surface area contributed by atoms with Crippen LogP contribution in [0.4, 0.5) is 5.69 Å². The molecule has 1 saturated heterocycles. The number of hydrogen-bond donors (Lipinski definition) is 1. The standard InChI is InChI=1S/C24H27N3O3S/c1-16(2)25-24-27(17(3)4)23(29)21(31-24)14-18-10-12-20(13-11-18)30-15-22(28)26-19-8-6-5-7-9-19/h5-14,16-17H,15H2,1-4H3,(H,26,28)/b21-14+,25-24?. The van der Waals surface area contributed by atoms with E-state index in [0.29, 0.717) is 10.7 Å². The highest BCUT2D eigenvalue weighted by Gasteiger charge is 2.35. The first-order valence-electron chi connectivity index (χ1n) is 10.2. The van der Waals surface area contributed by atoms with E-state index in [1.807, 2.05) is 76.2 Å². The monoisotopic (exact) mass is 437 g/mol. The van der Waals surface area contributed by atoms with Gasteiger partial charge >= 0.3 is 0 Å². The Balaban J connectivity index is 1.62. The smallest absolute Gasteiger partial charge is 0.266 e. The minimum Gasteiger partial charge on any atom is -0.484 e. The molecule has 0 aromatic heterocycles. The van der Waals surface area contributed by atoms with Crippen molar-refractivity contribution in [2.24, 2.45) is 4.99 Å². The van der Waals surface area contributed by atoms with E-state index in [-0.39, 0.29) is 30.5 Å². The van der Waals surface area contributed by atoms with Crippen LogP contribution in [-0.2, 0) is 9.59 Å². The second-order valence-corrected chi connectivity index (χ2v) is 8.67. The van der Waals surface area contributed by atoms with Crippen molar-refractivity contribution in [3.8, 4) is 5.75 Å². The third-order valence-corrected chi connectivity index (χ3v) is 5.32. The van der Waals surface area contributed by atoms with Crippen molar-refractivity contribution in [2.45, 2.75) is 39.8 Å². The van der Waals surface area contributed by atoms with Gasteiger partial charge < -0.3 is 10.1 Å². The summed E-state index contributed by atoms with van der Waals surface area (Å²) in [5.41, 5.74) is 1.61. The van der Waals surface area contributed by atoms with Gasteiger partial charge in [0.15, 0.2) is 11.8 Å². The second kappa shape index (κ2) is 10.3. The molecule has 162 valence electrons. The Kier molecular flexibility index (Phi) is 7.52. The van der Waals surface area contributed by atoms with Gasteiger partial charge in [0.25, 0.3) is 11.8 Å². The van der Waals surface area contributed by atoms with Gasteiger partial charge in [-0.3, -0.25) is 19.5 Å². The van der Waals surface area contributed by atoms with Gasteiger partial charge in [-0.25, -0.2) is 0 Å². The molecule has 1 aliphatic heterocycles. The summed E-state index contributed by atoms with van der Waals surface area (Å²) in [6, 6.07) is 16.7. The zero-order chi connectivity index (χ0) is 22.4. The number of ether oxygens (including phenoxy) is 1. The van der Waals surface area contributed by atoms with Crippen molar-refractivity contribution in [1.82, 2.24) is 4.90 Å². The van der Waals surface area contributed by atoms with Crippen molar-refractivity contribution in [1.29, 1.82) is 0 Å². The minimum absolute atomic E-state index is 0.0303. The number of amides is 2. The Morgan fingerprint density at radius 3 is 2.39 bits per heavy atom. The molecule has 0 saturated carbocycles. The van der Waals surface area contributed by atoms with Crippen LogP contribution < -0.4 is 10.1 Å². The van der Waals surface area contributed by atoms with Gasteiger partial charge in [0.1, 0.15) is 5.75 Å². The highest BCUT2D eigenvalue weighted by Crippen LogP contribution is 2.34. The van der Waals surface area contributed by atoms with Crippen LogP contribution in [-0.4, -0.2) is 40.6 Å². The minimum atomic E-state index is -0.226. The number of aliphatic imine (C=N–C) groups is 1. The highest BCUT2D eigenvalue weighted by atomic mass is 32.2. The van der Waals surface area contributed by atoms with Crippen LogP contribution in [0.2, 0.25) is 0 Å². The van der Waals surface area contributed by atoms with Gasteiger partial charge in [0.05, 0.1) is 4.91 Å². The van der Waals surface area contributed by atoms with E-state index in [4.69, 9.17) is 4.74 Å². The molecule has 2 aromatic carbocycles. The Hall–Kier alpha value is -3.06. The molecule has 7 heteroatoms. The van der Waals surface area contributed by atoms with Gasteiger partial charge in [-0.2, -0.15) is 0 Å². The fourth-order valence-electron chi connectivity index (χ4n) is 2.93. The summed E-state index contributed by atoms with van der Waals surface area (Å²) in [6.07, 6.45) is 1.86. The van der Waals surface area contributed by atoms with Crippen molar-refractivity contribution < 1.29 is 14.3 Å². The molecular formula is C24H27N3O3S. The van der Waals surface area contributed by atoms with E-state index in [2.05, 4.69) is 10.3 Å². The lowest BCUT2D eigenvalue weighted by Crippen LogP contribution is -2.35. The van der Waals surface area contributed by atoms with Crippen LogP contribution in [0, 0.1) is 0 Å². The normalized spacial score (nSPS) is 16.6. The van der Waals surface area contributed by atoms with E-state index in [1.165, 1.54) is 11.8 Å². The summed E-state index contributed by atoms with van der Waals surface area (Å²) in [5, 5.41) is 3.52. The van der Waals surface area contributed by atoms with Crippen LogP contribution >= 0.6 is 11.8 Å². The van der Waals surface area contributed by atoms with Gasteiger partial charge in [-0.05, 0) is 75.4 Å². The first kappa shape index (κ1) is 22.6. The number of carbonyl (C=O) groups is 2. The van der Waals surface area contributed by atoms with Gasteiger partial charge in [-0.1, -0.05) is 30.3 Å². The Morgan fingerprint density at radius 2 is 1.77 bits per heavy atom. The maximum absolute atomic E-state index is 12.8. The lowest BCUT2D eigenvalue weighted by molar-refractivity contribution is -0.123. The van der Waals surface area contributed by atoms with E-state index in [1.54, 1.807) is 17.0 Å². The number of hydrogen-bond acceptors (Lipinski definition) is 5. The van der Waals surface area contributed by atoms with Gasteiger partial charge in [-0.15, -0.1) is 0 Å². The quantitative estimate of drug-likeness (QED) is 0.632. The number of thioether (sulfide) groups is 1. The van der Waals surface area contributed by atoms with Crippen LogP contribution in [0.15, 0.2) is 64.5 Å². The van der Waals surface area contributed by atoms with Crippen LogP contribution in [0.5, 0.6) is 5.75 Å². The fourth-order valence-corrected chi connectivity index (χ4v) is 4.16. The molecule has 1 aliphatic rings. The summed E-state index contributed by atoms with van der Waals surface area (Å²) in [5.74, 6) is 0.329. The Labute approximate surface area is 187 Å². The summed E-state index contributed by atoms with van der Waals surface area (Å²) in [6.45, 7) is 7.88. The third-order valence-electron chi connectivity index (χ3n) is 4.33. The number of anilines is 1. The maximum Gasteiger partial charge on any atom is 0.266 e. The third kappa shape index (κ3) is 6.21. The molecular weight excluding hydrogens is 410 g/mol. The maximum atomic E-state index is 12.8. The van der Waals surface area contributed by atoms with Crippen LogP contribution in [0.3, 0.4) is 0 Å². The zero-order valence-corrected chi connectivity index (χ0v) is 19.0. The van der Waals surface area contributed by atoms with E-state index >= 15 is 0 Å². The van der Waals surface area contributed by atoms with Gasteiger partial charge in [0.2, 0.25) is 0 Å². The molecule has 0 atom stereocenters. The topological polar surface area (TPSA) is 71.0 Å². The molecule has 0 aliphatic carbocycles. The number of benzene rings is 2. The van der Waals surface area contributed by atoms with Crippen molar-refractivity contribution >= 4 is 40.5 Å². The van der Waals surface area contributed by atoms with Crippen LogP contribution in [0.25, 0.3) is 6.08 Å². The molecule has 1 heterocycles. The molecule has 31 heavy (non-hydrogen) atoms. The second-order valence-electron chi connectivity index (χ2n) is 7.66. The molecule has 0 bridgehead atoms. The molecule has 0 unspecified atom stereocenters. The van der Waals surface area contributed by atoms with E-state index < -0.39 is 0 Å². The molecule has 2 aromatic rings. The SMILES string of the molecule is CC(C)N=C1S/C(=C/c2ccc(OCC(=O)Nc3ccccc3)cc2)C(=O)N1C(C)C. The molecule has 2 amide bonds. The molecule has 0 radical (unpaired) electrons. The predicted octanol–water partition coefficient (Wildman–Crippen LogP) is 4.79. The summed E-state index contributed by atoms with van der Waals surface area (Å²) in [7, 11) is 0. The highest BCUT2D eigenvalue weighted by molar-refractivity contribution is 8.18. The molecule has 0 spiro atoms. The average Bonchev–Trinajstić information content (AvgIpc) is 3.02. The predicted molar refractivity (Wildman–Crippen MR) is 127 cm³/mol. The Morgan fingerprint density at radius 1 is 1.10 bits per heavy atom. The average molecular weight is 438 g/mol. The largest absolute Gasteiger partial charge is 0.484 e. The lowest BCUT2D eigenvalue weighted by Gasteiger charge is -2.20. The summed E-state index contributed by atoms with van der Waals surface area (Å²) in [4.78, 5) is 31.8. The van der Waals surface area contributed by atoms with E-state index in [0.717, 1.165) is 16.4 Å². The number of nitrogens with one attached hydrogen (secondary N) is 1. The van der Waals surface area contributed by atoms with Crippen molar-refractivity contribution in [3.63, 3.8) is 0 Å². The lowest BCUT2D eigenvalue weighted by atomic mass is 10.2. The van der Waals surface area contributed by atoms with Crippen LogP contribution in [0.1, 0.15) is 33.3 Å². The molecule has 1 fully saturated rings. The first-order chi connectivity index (χ1) is 14.8.